The second-order valence-corrected chi connectivity index (χ2v) is 10.9. The Balaban J connectivity index is 1.51. The minimum absolute atomic E-state index is 0.0143. The predicted molar refractivity (Wildman–Crippen MR) is 161 cm³/mol. The van der Waals surface area contributed by atoms with Crippen molar-refractivity contribution < 1.29 is 17.9 Å². The van der Waals surface area contributed by atoms with Crippen LogP contribution in [0.25, 0.3) is 16.9 Å². The molecule has 12 heteroatoms. The number of H-pyrrole nitrogens is 1. The first-order valence-corrected chi connectivity index (χ1v) is 14.3. The molecule has 0 amide bonds. The van der Waals surface area contributed by atoms with Crippen molar-refractivity contribution in [3.05, 3.63) is 107 Å². The van der Waals surface area contributed by atoms with Gasteiger partial charge in [-0.2, -0.15) is 0 Å². The van der Waals surface area contributed by atoms with Gasteiger partial charge in [0.15, 0.2) is 0 Å². The maximum absolute atomic E-state index is 13.8. The third-order valence-corrected chi connectivity index (χ3v) is 7.77. The van der Waals surface area contributed by atoms with E-state index in [0.717, 1.165) is 5.56 Å². The number of ether oxygens (including phenoxy) is 2. The summed E-state index contributed by atoms with van der Waals surface area (Å²) in [4.78, 5) is 26.5. The highest BCUT2D eigenvalue weighted by Gasteiger charge is 2.20. The topological polar surface area (TPSA) is 141 Å². The molecule has 0 bridgehead atoms. The van der Waals surface area contributed by atoms with Crippen molar-refractivity contribution in [2.45, 2.75) is 18.7 Å². The monoisotopic (exact) mass is 584 g/mol. The summed E-state index contributed by atoms with van der Waals surface area (Å²) < 4.78 is 40.0. The molecule has 0 atom stereocenters. The fourth-order valence-corrected chi connectivity index (χ4v) is 5.23. The number of hydrogen-bond donors (Lipinski definition) is 2. The minimum atomic E-state index is -3.92. The molecule has 0 fully saturated rings. The average molecular weight is 585 g/mol. The van der Waals surface area contributed by atoms with Gasteiger partial charge in [0.1, 0.15) is 11.5 Å². The van der Waals surface area contributed by atoms with E-state index in [1.54, 1.807) is 70.5 Å². The van der Waals surface area contributed by atoms with Gasteiger partial charge in [0, 0.05) is 17.5 Å². The lowest BCUT2D eigenvalue weighted by Crippen LogP contribution is -2.19. The maximum atomic E-state index is 13.8. The van der Waals surface area contributed by atoms with Gasteiger partial charge in [0.05, 0.1) is 47.5 Å². The zero-order chi connectivity index (χ0) is 29.9. The van der Waals surface area contributed by atoms with Crippen molar-refractivity contribution in [3.8, 4) is 28.4 Å². The normalized spacial score (nSPS) is 11.8. The second kappa shape index (κ2) is 11.7. The summed E-state index contributed by atoms with van der Waals surface area (Å²) in [7, 11) is -0.755. The van der Waals surface area contributed by atoms with E-state index in [4.69, 9.17) is 9.47 Å². The Hall–Kier alpha value is -5.23. The van der Waals surface area contributed by atoms with Crippen LogP contribution in [0.1, 0.15) is 18.2 Å². The first-order chi connectivity index (χ1) is 20.2. The van der Waals surface area contributed by atoms with Crippen molar-refractivity contribution in [1.82, 2.24) is 19.7 Å². The maximum Gasteiger partial charge on any atom is 0.280 e. The fraction of sp³-hybridized carbons (Fsp3) is 0.133. The van der Waals surface area contributed by atoms with E-state index in [1.807, 2.05) is 24.3 Å². The lowest BCUT2D eigenvalue weighted by molar-refractivity contribution is 0.414. The van der Waals surface area contributed by atoms with Gasteiger partial charge in [-0.05, 0) is 92.7 Å². The summed E-state index contributed by atoms with van der Waals surface area (Å²) in [5, 5.41) is 3.22. The van der Waals surface area contributed by atoms with Crippen molar-refractivity contribution >= 4 is 27.4 Å². The van der Waals surface area contributed by atoms with Crippen molar-refractivity contribution in [1.29, 1.82) is 0 Å². The summed E-state index contributed by atoms with van der Waals surface area (Å²) >= 11 is 0. The van der Waals surface area contributed by atoms with E-state index in [2.05, 4.69) is 24.8 Å². The van der Waals surface area contributed by atoms with Crippen LogP contribution >= 0.6 is 0 Å². The molecule has 0 aliphatic heterocycles. The smallest absolute Gasteiger partial charge is 0.280 e. The number of aryl methyl sites for hydroxylation is 1. The van der Waals surface area contributed by atoms with Crippen LogP contribution < -0.4 is 19.8 Å². The quantitative estimate of drug-likeness (QED) is 0.235. The Morgan fingerprint density at radius 2 is 1.52 bits per heavy atom. The van der Waals surface area contributed by atoms with E-state index in [-0.39, 0.29) is 16.4 Å². The first kappa shape index (κ1) is 28.3. The summed E-state index contributed by atoms with van der Waals surface area (Å²) in [6.07, 6.45) is 1.48. The molecular weight excluding hydrogens is 556 g/mol. The second-order valence-electron chi connectivity index (χ2n) is 9.25. The zero-order valence-electron chi connectivity index (χ0n) is 23.3. The SMILES string of the molecule is COc1ccc(-c2[nH]n(-c3ccc(OC)cc3)c(=O)c2C(C)=Nc2ccc(S(=O)(=O)Nc3nccc(C)n3)cc2)cc1. The van der Waals surface area contributed by atoms with Crippen molar-refractivity contribution in [2.75, 3.05) is 18.9 Å². The molecule has 2 aromatic heterocycles. The Kier molecular flexibility index (Phi) is 7.89. The Labute approximate surface area is 242 Å². The molecule has 0 aliphatic carbocycles. The van der Waals surface area contributed by atoms with Crippen molar-refractivity contribution in [3.63, 3.8) is 0 Å². The molecule has 2 heterocycles. The molecule has 0 radical (unpaired) electrons. The summed E-state index contributed by atoms with van der Waals surface area (Å²) in [5.74, 6) is 1.33. The van der Waals surface area contributed by atoms with Crippen LogP contribution in [0.5, 0.6) is 11.5 Å². The van der Waals surface area contributed by atoms with Gasteiger partial charge in [-0.15, -0.1) is 0 Å². The number of nitrogens with one attached hydrogen (secondary N) is 2. The minimum Gasteiger partial charge on any atom is -0.497 e. The largest absolute Gasteiger partial charge is 0.497 e. The highest BCUT2D eigenvalue weighted by Crippen LogP contribution is 2.26. The number of nitrogens with zero attached hydrogens (tertiary/aromatic N) is 4. The van der Waals surface area contributed by atoms with E-state index < -0.39 is 10.0 Å². The third-order valence-electron chi connectivity index (χ3n) is 6.43. The number of benzene rings is 3. The Bertz CT molecular complexity index is 1910. The molecule has 0 saturated carbocycles. The third kappa shape index (κ3) is 5.93. The Morgan fingerprint density at radius 3 is 2.12 bits per heavy atom. The molecule has 5 aromatic rings. The van der Waals surface area contributed by atoms with E-state index in [9.17, 15) is 13.2 Å². The number of methoxy groups -OCH3 is 2. The standard InChI is InChI=1S/C30H28N6O5S/c1-19-17-18-31-30(32-19)35-42(38,39)26-15-7-22(8-16-26)33-20(2)27-28(21-5-11-24(40-3)12-6-21)34-36(29(27)37)23-9-13-25(41-4)14-10-23/h5-18,34H,1-4H3,(H,31,32,35). The average Bonchev–Trinajstić information content (AvgIpc) is 3.34. The van der Waals surface area contributed by atoms with Crippen LogP contribution in [0.3, 0.4) is 0 Å². The molecule has 214 valence electrons. The van der Waals surface area contributed by atoms with Crippen LogP contribution in [-0.2, 0) is 10.0 Å². The van der Waals surface area contributed by atoms with Gasteiger partial charge in [-0.1, -0.05) is 0 Å². The number of aromatic nitrogens is 4. The van der Waals surface area contributed by atoms with Gasteiger partial charge in [0.25, 0.3) is 15.6 Å². The molecule has 42 heavy (non-hydrogen) atoms. The van der Waals surface area contributed by atoms with Gasteiger partial charge in [-0.25, -0.2) is 27.8 Å². The first-order valence-electron chi connectivity index (χ1n) is 12.8. The van der Waals surface area contributed by atoms with E-state index >= 15 is 0 Å². The lowest BCUT2D eigenvalue weighted by atomic mass is 10.0. The highest BCUT2D eigenvalue weighted by molar-refractivity contribution is 7.92. The number of rotatable bonds is 9. The molecule has 0 saturated heterocycles. The van der Waals surface area contributed by atoms with E-state index in [0.29, 0.717) is 45.5 Å². The van der Waals surface area contributed by atoms with Crippen LogP contribution in [0, 0.1) is 6.92 Å². The number of sulfonamides is 1. The summed E-state index contributed by atoms with van der Waals surface area (Å²) in [6, 6.07) is 22.1. The van der Waals surface area contributed by atoms with Crippen LogP contribution in [0.4, 0.5) is 11.6 Å². The Morgan fingerprint density at radius 1 is 0.905 bits per heavy atom. The summed E-state index contributed by atoms with van der Waals surface area (Å²) in [6.45, 7) is 3.47. The molecule has 2 N–H and O–H groups in total. The predicted octanol–water partition coefficient (Wildman–Crippen LogP) is 4.89. The molecule has 5 rings (SSSR count). The van der Waals surface area contributed by atoms with E-state index in [1.165, 1.54) is 23.0 Å². The van der Waals surface area contributed by atoms with Gasteiger partial charge < -0.3 is 9.47 Å². The number of aliphatic imine (C=N–C) groups is 1. The number of aromatic amines is 1. The molecule has 0 spiro atoms. The molecular formula is C30H28N6O5S. The molecule has 0 unspecified atom stereocenters. The fourth-order valence-electron chi connectivity index (χ4n) is 4.28. The lowest BCUT2D eigenvalue weighted by Gasteiger charge is -2.07. The molecule has 0 aliphatic rings. The molecule has 11 nitrogen and oxygen atoms in total. The number of hydrogen-bond acceptors (Lipinski definition) is 8. The van der Waals surface area contributed by atoms with Crippen LogP contribution in [0.2, 0.25) is 0 Å². The number of anilines is 1. The van der Waals surface area contributed by atoms with Gasteiger partial charge in [-0.3, -0.25) is 14.9 Å². The van der Waals surface area contributed by atoms with Crippen LogP contribution in [0.15, 0.2) is 99.7 Å². The van der Waals surface area contributed by atoms with Crippen LogP contribution in [-0.4, -0.2) is 48.1 Å². The van der Waals surface area contributed by atoms with Gasteiger partial charge in [0.2, 0.25) is 5.95 Å². The zero-order valence-corrected chi connectivity index (χ0v) is 24.1. The molecule has 3 aromatic carbocycles. The highest BCUT2D eigenvalue weighted by atomic mass is 32.2. The van der Waals surface area contributed by atoms with Crippen molar-refractivity contribution in [2.24, 2.45) is 4.99 Å². The van der Waals surface area contributed by atoms with Gasteiger partial charge >= 0.3 is 0 Å². The summed E-state index contributed by atoms with van der Waals surface area (Å²) in [5.41, 5.74) is 3.56.